The minimum atomic E-state index is -0.223. The maximum atomic E-state index is 12.2. The molecule has 0 saturated carbocycles. The number of esters is 1. The van der Waals surface area contributed by atoms with Gasteiger partial charge < -0.3 is 19.1 Å². The lowest BCUT2D eigenvalue weighted by molar-refractivity contribution is -0.149. The molecule has 27 heavy (non-hydrogen) atoms. The fourth-order valence-corrected chi connectivity index (χ4v) is 4.06. The van der Waals surface area contributed by atoms with Gasteiger partial charge in [-0.2, -0.15) is 0 Å². The Kier molecular flexibility index (Phi) is 4.85. The molecular weight excluding hydrogens is 364 g/mol. The van der Waals surface area contributed by atoms with Gasteiger partial charge in [-0.15, -0.1) is 0 Å². The quantitative estimate of drug-likeness (QED) is 0.608. The second-order valence-electron chi connectivity index (χ2n) is 6.35. The van der Waals surface area contributed by atoms with Crippen molar-refractivity contribution in [2.45, 2.75) is 12.5 Å². The fraction of sp³-hybridized carbons (Fsp3) is 0.300. The highest BCUT2D eigenvalue weighted by atomic mass is 32.1. The number of thiazole rings is 1. The van der Waals surface area contributed by atoms with Crippen LogP contribution < -0.4 is 14.4 Å². The second-order valence-corrected chi connectivity index (χ2v) is 7.36. The normalized spacial score (nSPS) is 14.1. The van der Waals surface area contributed by atoms with E-state index in [9.17, 15) is 4.79 Å². The molecule has 2 heterocycles. The summed E-state index contributed by atoms with van der Waals surface area (Å²) < 4.78 is 17.2. The zero-order chi connectivity index (χ0) is 18.8. The minimum Gasteiger partial charge on any atom is -0.497 e. The summed E-state index contributed by atoms with van der Waals surface area (Å²) in [6, 6.07) is 13.4. The van der Waals surface area contributed by atoms with Gasteiger partial charge in [0.05, 0.1) is 38.4 Å². The monoisotopic (exact) mass is 384 g/mol. The van der Waals surface area contributed by atoms with Crippen LogP contribution in [0.1, 0.15) is 5.56 Å². The Morgan fingerprint density at radius 2 is 2.00 bits per heavy atom. The first kappa shape index (κ1) is 17.6. The standard InChI is InChI=1S/C20H20N2O4S/c1-24-14-6-3-5-13(9-14)10-18(23)26-15-11-22(12-15)20-21-19-16(25-2)7-4-8-17(19)27-20/h3-9,15H,10-12H2,1-2H3. The summed E-state index contributed by atoms with van der Waals surface area (Å²) in [4.78, 5) is 19.0. The Morgan fingerprint density at radius 3 is 2.78 bits per heavy atom. The molecule has 0 spiro atoms. The van der Waals surface area contributed by atoms with Crippen LogP contribution in [0.2, 0.25) is 0 Å². The van der Waals surface area contributed by atoms with E-state index in [0.29, 0.717) is 13.1 Å². The molecule has 0 amide bonds. The van der Waals surface area contributed by atoms with E-state index in [0.717, 1.165) is 32.4 Å². The number of ether oxygens (including phenoxy) is 3. The van der Waals surface area contributed by atoms with Crippen molar-refractivity contribution >= 4 is 32.7 Å². The largest absolute Gasteiger partial charge is 0.497 e. The number of aromatic nitrogens is 1. The minimum absolute atomic E-state index is 0.1000. The third-order valence-corrected chi connectivity index (χ3v) is 5.57. The van der Waals surface area contributed by atoms with E-state index in [4.69, 9.17) is 14.2 Å². The number of hydrogen-bond donors (Lipinski definition) is 0. The maximum Gasteiger partial charge on any atom is 0.310 e. The van der Waals surface area contributed by atoms with Gasteiger partial charge in [-0.1, -0.05) is 29.5 Å². The van der Waals surface area contributed by atoms with Gasteiger partial charge in [-0.3, -0.25) is 4.79 Å². The molecule has 0 unspecified atom stereocenters. The molecule has 6 nitrogen and oxygen atoms in total. The lowest BCUT2D eigenvalue weighted by Gasteiger charge is -2.38. The van der Waals surface area contributed by atoms with E-state index in [1.54, 1.807) is 25.6 Å². The van der Waals surface area contributed by atoms with Crippen LogP contribution in [-0.4, -0.2) is 44.4 Å². The number of anilines is 1. The third kappa shape index (κ3) is 3.68. The molecule has 140 valence electrons. The summed E-state index contributed by atoms with van der Waals surface area (Å²) in [5.74, 6) is 1.29. The predicted octanol–water partition coefficient (Wildman–Crippen LogP) is 3.29. The Balaban J connectivity index is 1.33. The molecule has 1 aromatic heterocycles. The van der Waals surface area contributed by atoms with Crippen molar-refractivity contribution in [3.05, 3.63) is 48.0 Å². The molecule has 1 fully saturated rings. The van der Waals surface area contributed by atoms with Gasteiger partial charge in [-0.25, -0.2) is 4.98 Å². The van der Waals surface area contributed by atoms with E-state index in [2.05, 4.69) is 9.88 Å². The fourth-order valence-electron chi connectivity index (χ4n) is 3.06. The first-order valence-corrected chi connectivity index (χ1v) is 9.49. The zero-order valence-electron chi connectivity index (χ0n) is 15.2. The van der Waals surface area contributed by atoms with Crippen LogP contribution >= 0.6 is 11.3 Å². The Morgan fingerprint density at radius 1 is 1.19 bits per heavy atom. The lowest BCUT2D eigenvalue weighted by Crippen LogP contribution is -2.53. The van der Waals surface area contributed by atoms with Crippen molar-refractivity contribution in [1.82, 2.24) is 4.98 Å². The van der Waals surface area contributed by atoms with Crippen molar-refractivity contribution in [2.75, 3.05) is 32.2 Å². The third-order valence-electron chi connectivity index (χ3n) is 4.49. The molecule has 2 aromatic carbocycles. The average Bonchev–Trinajstić information content (AvgIpc) is 3.08. The van der Waals surface area contributed by atoms with Gasteiger partial charge in [0.15, 0.2) is 5.13 Å². The van der Waals surface area contributed by atoms with Crippen LogP contribution in [0.5, 0.6) is 11.5 Å². The number of carbonyl (C=O) groups excluding carboxylic acids is 1. The van der Waals surface area contributed by atoms with E-state index in [-0.39, 0.29) is 18.5 Å². The summed E-state index contributed by atoms with van der Waals surface area (Å²) in [6.45, 7) is 1.32. The highest BCUT2D eigenvalue weighted by Gasteiger charge is 2.32. The average molecular weight is 384 g/mol. The van der Waals surface area contributed by atoms with Crippen LogP contribution in [0, 0.1) is 0 Å². The smallest absolute Gasteiger partial charge is 0.310 e. The first-order valence-electron chi connectivity index (χ1n) is 8.67. The maximum absolute atomic E-state index is 12.2. The summed E-state index contributed by atoms with van der Waals surface area (Å²) in [5, 5.41) is 0.926. The van der Waals surface area contributed by atoms with Crippen molar-refractivity contribution in [3.8, 4) is 11.5 Å². The van der Waals surface area contributed by atoms with Gasteiger partial charge in [0.1, 0.15) is 23.1 Å². The molecule has 3 aromatic rings. The number of hydrogen-bond acceptors (Lipinski definition) is 7. The molecule has 0 atom stereocenters. The van der Waals surface area contributed by atoms with Gasteiger partial charge in [-0.05, 0) is 29.8 Å². The number of methoxy groups -OCH3 is 2. The summed E-state index contributed by atoms with van der Waals surface area (Å²) in [7, 11) is 3.26. The molecule has 4 rings (SSSR count). The molecule has 1 saturated heterocycles. The number of rotatable bonds is 6. The van der Waals surface area contributed by atoms with Crippen molar-refractivity contribution in [1.29, 1.82) is 0 Å². The molecular formula is C20H20N2O4S. The van der Waals surface area contributed by atoms with Crippen LogP contribution in [0.15, 0.2) is 42.5 Å². The molecule has 1 aliphatic heterocycles. The molecule has 0 bridgehead atoms. The van der Waals surface area contributed by atoms with Gasteiger partial charge >= 0.3 is 5.97 Å². The van der Waals surface area contributed by atoms with Gasteiger partial charge in [0, 0.05) is 0 Å². The van der Waals surface area contributed by atoms with Gasteiger partial charge in [0.2, 0.25) is 0 Å². The molecule has 0 radical (unpaired) electrons. The Bertz CT molecular complexity index is 966. The second kappa shape index (κ2) is 7.44. The van der Waals surface area contributed by atoms with Crippen LogP contribution in [0.25, 0.3) is 10.2 Å². The zero-order valence-corrected chi connectivity index (χ0v) is 16.0. The number of benzene rings is 2. The van der Waals surface area contributed by atoms with Gasteiger partial charge in [0.25, 0.3) is 0 Å². The number of carbonyl (C=O) groups is 1. The predicted molar refractivity (Wildman–Crippen MR) is 105 cm³/mol. The van der Waals surface area contributed by atoms with E-state index >= 15 is 0 Å². The number of fused-ring (bicyclic) bond motifs is 1. The van der Waals surface area contributed by atoms with E-state index in [1.807, 2.05) is 42.5 Å². The van der Waals surface area contributed by atoms with Crippen LogP contribution in [0.4, 0.5) is 5.13 Å². The number of para-hydroxylation sites is 1. The molecule has 7 heteroatoms. The van der Waals surface area contributed by atoms with Crippen molar-refractivity contribution < 1.29 is 19.0 Å². The summed E-state index contributed by atoms with van der Waals surface area (Å²) in [6.07, 6.45) is 0.142. The summed E-state index contributed by atoms with van der Waals surface area (Å²) in [5.41, 5.74) is 1.76. The SMILES string of the molecule is COc1cccc(CC(=O)OC2CN(c3nc4c(OC)cccc4s3)C2)c1. The van der Waals surface area contributed by atoms with Crippen LogP contribution in [0.3, 0.4) is 0 Å². The van der Waals surface area contributed by atoms with Crippen molar-refractivity contribution in [2.24, 2.45) is 0 Å². The van der Waals surface area contributed by atoms with E-state index < -0.39 is 0 Å². The molecule has 1 aliphatic rings. The van der Waals surface area contributed by atoms with E-state index in [1.165, 1.54) is 0 Å². The number of nitrogens with zero attached hydrogens (tertiary/aromatic N) is 2. The molecule has 0 N–H and O–H groups in total. The summed E-state index contributed by atoms with van der Waals surface area (Å²) >= 11 is 1.62. The topological polar surface area (TPSA) is 60.9 Å². The lowest BCUT2D eigenvalue weighted by atomic mass is 10.1. The Labute approximate surface area is 161 Å². The van der Waals surface area contributed by atoms with Crippen LogP contribution in [-0.2, 0) is 16.0 Å². The Hall–Kier alpha value is -2.80. The van der Waals surface area contributed by atoms with Crippen molar-refractivity contribution in [3.63, 3.8) is 0 Å². The highest BCUT2D eigenvalue weighted by molar-refractivity contribution is 7.22. The highest BCUT2D eigenvalue weighted by Crippen LogP contribution is 2.35. The molecule has 0 aliphatic carbocycles. The first-order chi connectivity index (χ1) is 13.2.